The number of halogens is 1. The number of ether oxygens (including phenoxy) is 1. The van der Waals surface area contributed by atoms with Crippen molar-refractivity contribution in [1.82, 2.24) is 0 Å². The molecule has 0 radical (unpaired) electrons. The van der Waals surface area contributed by atoms with E-state index >= 15 is 0 Å². The second-order valence-electron chi connectivity index (χ2n) is 5.98. The molecule has 0 atom stereocenters. The average molecular weight is 403 g/mol. The van der Waals surface area contributed by atoms with Crippen LogP contribution in [0.2, 0.25) is 5.02 Å². The standard InChI is InChI=1S/C23H15ClN2O3/c1-2-28-23(27)20-12-17(7-9-21(20)24)22-10-8-19(29-22)11-18(14-26)16-5-3-15(13-25)4-6-16/h3-12H,2H2,1H3/b18-11-. The Morgan fingerprint density at radius 1 is 1.14 bits per heavy atom. The molecular weight excluding hydrogens is 388 g/mol. The number of allylic oxidation sites excluding steroid dienone is 1. The highest BCUT2D eigenvalue weighted by atomic mass is 35.5. The van der Waals surface area contributed by atoms with Crippen LogP contribution >= 0.6 is 11.6 Å². The molecular formula is C23H15ClN2O3. The van der Waals surface area contributed by atoms with Crippen LogP contribution in [0.1, 0.15) is 34.2 Å². The van der Waals surface area contributed by atoms with Gasteiger partial charge in [-0.3, -0.25) is 0 Å². The largest absolute Gasteiger partial charge is 0.462 e. The third-order valence-corrected chi connectivity index (χ3v) is 4.43. The first-order chi connectivity index (χ1) is 14.0. The quantitative estimate of drug-likeness (QED) is 0.402. The van der Waals surface area contributed by atoms with E-state index < -0.39 is 5.97 Å². The van der Waals surface area contributed by atoms with Gasteiger partial charge in [-0.05, 0) is 61.0 Å². The SMILES string of the molecule is CCOC(=O)c1cc(-c2ccc(/C=C(/C#N)c3ccc(C#N)cc3)o2)ccc1Cl. The van der Waals surface area contributed by atoms with Crippen molar-refractivity contribution in [2.75, 3.05) is 6.61 Å². The van der Waals surface area contributed by atoms with Crippen molar-refractivity contribution in [3.8, 4) is 23.5 Å². The van der Waals surface area contributed by atoms with Crippen LogP contribution in [-0.2, 0) is 4.74 Å². The van der Waals surface area contributed by atoms with E-state index in [9.17, 15) is 10.1 Å². The van der Waals surface area contributed by atoms with Crippen molar-refractivity contribution in [1.29, 1.82) is 10.5 Å². The molecule has 1 aromatic heterocycles. The molecule has 0 bridgehead atoms. The van der Waals surface area contributed by atoms with Gasteiger partial charge in [0.2, 0.25) is 0 Å². The Kier molecular flexibility index (Phi) is 6.14. The van der Waals surface area contributed by atoms with Gasteiger partial charge in [0.05, 0.1) is 40.5 Å². The van der Waals surface area contributed by atoms with Gasteiger partial charge < -0.3 is 9.15 Å². The summed E-state index contributed by atoms with van der Waals surface area (Å²) < 4.78 is 10.8. The molecule has 5 nitrogen and oxygen atoms in total. The van der Waals surface area contributed by atoms with Crippen molar-refractivity contribution in [3.63, 3.8) is 0 Å². The zero-order valence-corrected chi connectivity index (χ0v) is 16.2. The van der Waals surface area contributed by atoms with Crippen LogP contribution in [0, 0.1) is 22.7 Å². The Labute approximate surface area is 173 Å². The van der Waals surface area contributed by atoms with Crippen molar-refractivity contribution < 1.29 is 13.9 Å². The highest BCUT2D eigenvalue weighted by molar-refractivity contribution is 6.33. The lowest BCUT2D eigenvalue weighted by atomic mass is 10.0. The summed E-state index contributed by atoms with van der Waals surface area (Å²) in [7, 11) is 0. The normalized spacial score (nSPS) is 10.8. The van der Waals surface area contributed by atoms with Gasteiger partial charge >= 0.3 is 5.97 Å². The number of rotatable bonds is 5. The van der Waals surface area contributed by atoms with E-state index in [-0.39, 0.29) is 12.2 Å². The molecule has 142 valence electrons. The summed E-state index contributed by atoms with van der Waals surface area (Å²) in [6.07, 6.45) is 1.62. The molecule has 0 N–H and O–H groups in total. The molecule has 0 saturated heterocycles. The second-order valence-corrected chi connectivity index (χ2v) is 6.38. The van der Waals surface area contributed by atoms with E-state index in [2.05, 4.69) is 6.07 Å². The molecule has 3 rings (SSSR count). The lowest BCUT2D eigenvalue weighted by Crippen LogP contribution is -2.05. The fraction of sp³-hybridized carbons (Fsp3) is 0.0870. The summed E-state index contributed by atoms with van der Waals surface area (Å²) in [4.78, 5) is 12.0. The molecule has 0 aliphatic carbocycles. The van der Waals surface area contributed by atoms with Crippen molar-refractivity contribution in [3.05, 3.63) is 82.1 Å². The maximum Gasteiger partial charge on any atom is 0.339 e. The Bertz CT molecular complexity index is 1160. The minimum absolute atomic E-state index is 0.251. The molecule has 0 aliphatic rings. The smallest absolute Gasteiger partial charge is 0.339 e. The molecule has 0 saturated carbocycles. The number of carbonyl (C=O) groups is 1. The number of hydrogen-bond donors (Lipinski definition) is 0. The molecule has 0 spiro atoms. The van der Waals surface area contributed by atoms with Crippen LogP contribution in [0.25, 0.3) is 23.0 Å². The molecule has 0 unspecified atom stereocenters. The third-order valence-electron chi connectivity index (χ3n) is 4.11. The van der Waals surface area contributed by atoms with Gasteiger partial charge in [0, 0.05) is 5.56 Å². The van der Waals surface area contributed by atoms with Gasteiger partial charge in [-0.1, -0.05) is 23.7 Å². The first kappa shape index (κ1) is 19.9. The summed E-state index contributed by atoms with van der Waals surface area (Å²) in [5.74, 6) is 0.503. The topological polar surface area (TPSA) is 87.0 Å². The van der Waals surface area contributed by atoms with E-state index in [1.807, 2.05) is 6.07 Å². The number of nitrogens with zero attached hydrogens (tertiary/aromatic N) is 2. The van der Waals surface area contributed by atoms with Crippen LogP contribution in [0.15, 0.2) is 59.0 Å². The minimum Gasteiger partial charge on any atom is -0.462 e. The highest BCUT2D eigenvalue weighted by Crippen LogP contribution is 2.29. The number of carbonyl (C=O) groups excluding carboxylic acids is 1. The van der Waals surface area contributed by atoms with Gasteiger partial charge in [0.25, 0.3) is 0 Å². The number of nitriles is 2. The summed E-state index contributed by atoms with van der Waals surface area (Å²) in [6.45, 7) is 1.98. The van der Waals surface area contributed by atoms with Crippen molar-refractivity contribution in [2.45, 2.75) is 6.92 Å². The molecule has 1 heterocycles. The first-order valence-electron chi connectivity index (χ1n) is 8.75. The number of furan rings is 1. The predicted molar refractivity (Wildman–Crippen MR) is 110 cm³/mol. The Morgan fingerprint density at radius 2 is 1.90 bits per heavy atom. The summed E-state index contributed by atoms with van der Waals surface area (Å²) in [5.41, 5.74) is 2.52. The summed E-state index contributed by atoms with van der Waals surface area (Å²) in [5, 5.41) is 18.7. The predicted octanol–water partition coefficient (Wildman–Crippen LogP) is 5.71. The minimum atomic E-state index is -0.501. The van der Waals surface area contributed by atoms with Gasteiger partial charge in [-0.2, -0.15) is 10.5 Å². The maximum absolute atomic E-state index is 12.0. The molecule has 0 aliphatic heterocycles. The van der Waals surface area contributed by atoms with E-state index in [4.69, 9.17) is 26.0 Å². The zero-order chi connectivity index (χ0) is 20.8. The van der Waals surface area contributed by atoms with Crippen LogP contribution < -0.4 is 0 Å². The Morgan fingerprint density at radius 3 is 2.55 bits per heavy atom. The highest BCUT2D eigenvalue weighted by Gasteiger charge is 2.14. The molecule has 6 heteroatoms. The van der Waals surface area contributed by atoms with Gasteiger partial charge in [0.15, 0.2) is 0 Å². The second kappa shape index (κ2) is 8.93. The van der Waals surface area contributed by atoms with Crippen molar-refractivity contribution >= 4 is 29.2 Å². The number of hydrogen-bond acceptors (Lipinski definition) is 5. The number of benzene rings is 2. The first-order valence-corrected chi connectivity index (χ1v) is 9.12. The monoisotopic (exact) mass is 402 g/mol. The van der Waals surface area contributed by atoms with Gasteiger partial charge in [-0.15, -0.1) is 0 Å². The van der Waals surface area contributed by atoms with E-state index in [1.165, 1.54) is 0 Å². The molecule has 2 aromatic carbocycles. The Balaban J connectivity index is 1.91. The van der Waals surface area contributed by atoms with E-state index in [0.717, 1.165) is 0 Å². The molecule has 0 fully saturated rings. The summed E-state index contributed by atoms with van der Waals surface area (Å²) >= 11 is 6.10. The summed E-state index contributed by atoms with van der Waals surface area (Å²) in [6, 6.07) is 19.3. The van der Waals surface area contributed by atoms with Gasteiger partial charge in [0.1, 0.15) is 11.5 Å². The lowest BCUT2D eigenvalue weighted by molar-refractivity contribution is 0.0526. The van der Waals surface area contributed by atoms with E-state index in [1.54, 1.807) is 67.6 Å². The molecule has 3 aromatic rings. The average Bonchev–Trinajstić information content (AvgIpc) is 3.21. The third kappa shape index (κ3) is 4.55. The maximum atomic E-state index is 12.0. The van der Waals surface area contributed by atoms with Crippen LogP contribution in [-0.4, -0.2) is 12.6 Å². The Hall–Kier alpha value is -3.80. The van der Waals surface area contributed by atoms with E-state index in [0.29, 0.717) is 38.8 Å². The molecule has 0 amide bonds. The zero-order valence-electron chi connectivity index (χ0n) is 15.5. The van der Waals surface area contributed by atoms with Crippen LogP contribution in [0.5, 0.6) is 0 Å². The molecule has 29 heavy (non-hydrogen) atoms. The number of esters is 1. The lowest BCUT2D eigenvalue weighted by Gasteiger charge is -2.06. The van der Waals surface area contributed by atoms with Crippen LogP contribution in [0.3, 0.4) is 0 Å². The van der Waals surface area contributed by atoms with Gasteiger partial charge in [-0.25, -0.2) is 4.79 Å². The fourth-order valence-electron chi connectivity index (χ4n) is 2.68. The van der Waals surface area contributed by atoms with Crippen molar-refractivity contribution in [2.24, 2.45) is 0 Å². The fourth-order valence-corrected chi connectivity index (χ4v) is 2.87. The van der Waals surface area contributed by atoms with Crippen LogP contribution in [0.4, 0.5) is 0 Å².